The zero-order valence-corrected chi connectivity index (χ0v) is 11.5. The van der Waals surface area contributed by atoms with Crippen LogP contribution in [0.4, 0.5) is 0 Å². The number of fused-ring (bicyclic) bond motifs is 1. The average Bonchev–Trinajstić information content (AvgIpc) is 2.85. The third kappa shape index (κ3) is 2.20. The van der Waals surface area contributed by atoms with Crippen LogP contribution in [-0.4, -0.2) is 7.11 Å². The minimum Gasteiger partial charge on any atom is -0.496 e. The van der Waals surface area contributed by atoms with E-state index in [-0.39, 0.29) is 0 Å². The Morgan fingerprint density at radius 2 is 1.74 bits per heavy atom. The summed E-state index contributed by atoms with van der Waals surface area (Å²) in [4.78, 5) is 0. The summed E-state index contributed by atoms with van der Waals surface area (Å²) < 4.78 is 16.0. The Labute approximate surface area is 120 Å². The topological polar surface area (TPSA) is 27.7 Å². The number of methoxy groups -OCH3 is 1. The van der Waals surface area contributed by atoms with Crippen molar-refractivity contribution in [3.05, 3.63) is 47.2 Å². The second-order valence-corrected chi connectivity index (χ2v) is 4.83. The molecule has 2 aromatic rings. The maximum absolute atomic E-state index is 6.09. The van der Waals surface area contributed by atoms with Gasteiger partial charge in [-0.1, -0.05) is 23.2 Å². The van der Waals surface area contributed by atoms with Crippen molar-refractivity contribution in [1.29, 1.82) is 0 Å². The molecule has 2 aromatic carbocycles. The van der Waals surface area contributed by atoms with Gasteiger partial charge in [-0.3, -0.25) is 0 Å². The van der Waals surface area contributed by atoms with Crippen molar-refractivity contribution in [3.63, 3.8) is 0 Å². The largest absolute Gasteiger partial charge is 0.496 e. The van der Waals surface area contributed by atoms with Gasteiger partial charge in [0.05, 0.1) is 7.11 Å². The van der Waals surface area contributed by atoms with Crippen LogP contribution in [0.25, 0.3) is 11.1 Å². The molecule has 0 unspecified atom stereocenters. The highest BCUT2D eigenvalue weighted by atomic mass is 35.5. The van der Waals surface area contributed by atoms with Gasteiger partial charge in [0.1, 0.15) is 5.75 Å². The molecule has 0 saturated carbocycles. The Kier molecular flexibility index (Phi) is 3.17. The molecular weight excluding hydrogens is 287 g/mol. The van der Waals surface area contributed by atoms with Gasteiger partial charge in [-0.05, 0) is 24.3 Å². The van der Waals surface area contributed by atoms with Crippen LogP contribution in [0.3, 0.4) is 0 Å². The second kappa shape index (κ2) is 4.83. The fraction of sp³-hybridized carbons (Fsp3) is 0.0714. The summed E-state index contributed by atoms with van der Waals surface area (Å²) in [6.07, 6.45) is 0. The van der Waals surface area contributed by atoms with Crippen molar-refractivity contribution in [3.8, 4) is 28.4 Å². The molecule has 0 amide bonds. The summed E-state index contributed by atoms with van der Waals surface area (Å²) in [7, 11) is 1.60. The Morgan fingerprint density at radius 3 is 2.53 bits per heavy atom. The van der Waals surface area contributed by atoms with Crippen molar-refractivity contribution < 1.29 is 14.2 Å². The lowest BCUT2D eigenvalue weighted by Crippen LogP contribution is -1.90. The second-order valence-electron chi connectivity index (χ2n) is 3.96. The standard InChI is InChI=1S/C14H9Cl2O3/c1-17-12-3-2-8(15)4-10(12)11-5-9(16)6-13-14(11)19-7-18-13/h2-7H,1H3. The fourth-order valence-corrected chi connectivity index (χ4v) is 2.37. The van der Waals surface area contributed by atoms with Crippen LogP contribution < -0.4 is 14.2 Å². The molecule has 0 spiro atoms. The zero-order valence-electron chi connectivity index (χ0n) is 9.94. The maximum Gasteiger partial charge on any atom is 0.316 e. The van der Waals surface area contributed by atoms with E-state index < -0.39 is 0 Å². The van der Waals surface area contributed by atoms with Crippen LogP contribution in [0.5, 0.6) is 17.2 Å². The summed E-state index contributed by atoms with van der Waals surface area (Å²) >= 11 is 12.1. The van der Waals surface area contributed by atoms with Gasteiger partial charge in [0, 0.05) is 27.2 Å². The molecule has 5 heteroatoms. The van der Waals surface area contributed by atoms with Crippen LogP contribution >= 0.6 is 23.2 Å². The van der Waals surface area contributed by atoms with Gasteiger partial charge < -0.3 is 14.2 Å². The van der Waals surface area contributed by atoms with Gasteiger partial charge in [0.2, 0.25) is 0 Å². The lowest BCUT2D eigenvalue weighted by atomic mass is 10.0. The number of rotatable bonds is 2. The van der Waals surface area contributed by atoms with E-state index in [2.05, 4.69) is 0 Å². The Balaban J connectivity index is 2.25. The summed E-state index contributed by atoms with van der Waals surface area (Å²) in [5, 5.41) is 1.15. The first-order valence-electron chi connectivity index (χ1n) is 5.51. The average molecular weight is 296 g/mol. The molecule has 1 aliphatic heterocycles. The van der Waals surface area contributed by atoms with E-state index in [9.17, 15) is 0 Å². The van der Waals surface area contributed by atoms with Crippen molar-refractivity contribution in [1.82, 2.24) is 0 Å². The highest BCUT2D eigenvalue weighted by Gasteiger charge is 2.22. The first-order valence-corrected chi connectivity index (χ1v) is 6.27. The molecule has 0 aliphatic carbocycles. The van der Waals surface area contributed by atoms with E-state index in [4.69, 9.17) is 37.4 Å². The molecule has 0 fully saturated rings. The highest BCUT2D eigenvalue weighted by Crippen LogP contribution is 2.47. The summed E-state index contributed by atoms with van der Waals surface area (Å²) in [6.45, 7) is 1.27. The van der Waals surface area contributed by atoms with E-state index in [0.29, 0.717) is 27.3 Å². The van der Waals surface area contributed by atoms with E-state index in [1.54, 1.807) is 37.4 Å². The normalized spacial score (nSPS) is 12.6. The van der Waals surface area contributed by atoms with E-state index >= 15 is 0 Å². The van der Waals surface area contributed by atoms with Crippen LogP contribution in [0.15, 0.2) is 30.3 Å². The monoisotopic (exact) mass is 295 g/mol. The molecule has 0 aromatic heterocycles. The van der Waals surface area contributed by atoms with Crippen molar-refractivity contribution >= 4 is 23.2 Å². The first kappa shape index (κ1) is 12.5. The molecule has 97 valence electrons. The van der Waals surface area contributed by atoms with E-state index in [1.807, 2.05) is 0 Å². The number of halogens is 2. The lowest BCUT2D eigenvalue weighted by Gasteiger charge is -2.11. The summed E-state index contributed by atoms with van der Waals surface area (Å²) in [5.74, 6) is 1.86. The van der Waals surface area contributed by atoms with Gasteiger partial charge in [-0.15, -0.1) is 0 Å². The highest BCUT2D eigenvalue weighted by molar-refractivity contribution is 6.31. The quantitative estimate of drug-likeness (QED) is 0.813. The lowest BCUT2D eigenvalue weighted by molar-refractivity contribution is 0.271. The SMILES string of the molecule is COc1ccc(Cl)cc1-c1cc(Cl)cc2c1O[CH]O2. The molecule has 1 heterocycles. The fourth-order valence-electron chi connectivity index (χ4n) is 1.99. The smallest absolute Gasteiger partial charge is 0.316 e. The number of hydrogen-bond donors (Lipinski definition) is 0. The molecule has 3 rings (SSSR count). The Hall–Kier alpha value is -1.58. The van der Waals surface area contributed by atoms with Crippen molar-refractivity contribution in [2.24, 2.45) is 0 Å². The van der Waals surface area contributed by atoms with Gasteiger partial charge >= 0.3 is 6.79 Å². The predicted molar refractivity (Wildman–Crippen MR) is 74.0 cm³/mol. The van der Waals surface area contributed by atoms with Crippen LogP contribution in [0.1, 0.15) is 0 Å². The van der Waals surface area contributed by atoms with Crippen LogP contribution in [-0.2, 0) is 0 Å². The third-order valence-electron chi connectivity index (χ3n) is 2.81. The predicted octanol–water partition coefficient (Wildman–Crippen LogP) is 4.56. The molecule has 0 N–H and O–H groups in total. The first-order chi connectivity index (χ1) is 9.19. The molecule has 3 nitrogen and oxygen atoms in total. The molecule has 19 heavy (non-hydrogen) atoms. The van der Waals surface area contributed by atoms with Gasteiger partial charge in [-0.25, -0.2) is 0 Å². The van der Waals surface area contributed by atoms with Gasteiger partial charge in [-0.2, -0.15) is 0 Å². The number of benzene rings is 2. The minimum atomic E-state index is 0.551. The molecule has 0 atom stereocenters. The van der Waals surface area contributed by atoms with E-state index in [1.165, 1.54) is 6.79 Å². The van der Waals surface area contributed by atoms with Crippen LogP contribution in [0, 0.1) is 6.79 Å². The number of hydrogen-bond acceptors (Lipinski definition) is 3. The molecule has 1 radical (unpaired) electrons. The van der Waals surface area contributed by atoms with Crippen LogP contribution in [0.2, 0.25) is 10.0 Å². The Bertz CT molecular complexity index is 641. The minimum absolute atomic E-state index is 0.551. The van der Waals surface area contributed by atoms with Gasteiger partial charge in [0.25, 0.3) is 0 Å². The summed E-state index contributed by atoms with van der Waals surface area (Å²) in [5.41, 5.74) is 1.57. The molecule has 1 aliphatic rings. The maximum atomic E-state index is 6.09. The van der Waals surface area contributed by atoms with Gasteiger partial charge in [0.15, 0.2) is 11.5 Å². The molecule has 0 bridgehead atoms. The summed E-state index contributed by atoms with van der Waals surface area (Å²) in [6, 6.07) is 8.84. The van der Waals surface area contributed by atoms with Crippen molar-refractivity contribution in [2.45, 2.75) is 0 Å². The molecule has 0 saturated heterocycles. The Morgan fingerprint density at radius 1 is 0.947 bits per heavy atom. The number of ether oxygens (including phenoxy) is 3. The zero-order chi connectivity index (χ0) is 13.4. The van der Waals surface area contributed by atoms with E-state index in [0.717, 1.165) is 11.1 Å². The molecular formula is C14H9Cl2O3. The van der Waals surface area contributed by atoms with Crippen molar-refractivity contribution in [2.75, 3.05) is 7.11 Å². The third-order valence-corrected chi connectivity index (χ3v) is 3.27.